The molecule has 0 aromatic rings. The topological polar surface area (TPSA) is 95.9 Å². The average molecular weight is 973 g/mol. The van der Waals surface area contributed by atoms with Crippen LogP contribution in [0.2, 0.25) is 0 Å². The van der Waals surface area contributed by atoms with Gasteiger partial charge in [-0.25, -0.2) is 0 Å². The van der Waals surface area contributed by atoms with Crippen LogP contribution in [0.4, 0.5) is 0 Å². The monoisotopic (exact) mass is 972 g/mol. The molecule has 0 rings (SSSR count). The average Bonchev–Trinajstić information content (AvgIpc) is 3.34. The second kappa shape index (κ2) is 57.2. The molecule has 0 spiro atoms. The Morgan fingerprint density at radius 3 is 1.07 bits per heavy atom. The minimum absolute atomic E-state index is 0.0779. The molecular formula is C63H121NO5. The molecular weight excluding hydrogens is 851 g/mol. The number of allylic oxidation sites excluding steroid dienone is 4. The first-order valence-electron chi connectivity index (χ1n) is 31.1. The summed E-state index contributed by atoms with van der Waals surface area (Å²) in [6, 6.07) is -0.702. The van der Waals surface area contributed by atoms with Gasteiger partial charge in [0.1, 0.15) is 6.10 Å². The number of ether oxygens (including phenoxy) is 1. The second-order valence-electron chi connectivity index (χ2n) is 21.5. The number of unbranched alkanes of at least 4 members (excludes halogenated alkanes) is 42. The van der Waals surface area contributed by atoms with E-state index in [9.17, 15) is 19.8 Å². The summed E-state index contributed by atoms with van der Waals surface area (Å²) in [5.41, 5.74) is 0. The van der Waals surface area contributed by atoms with Crippen LogP contribution in [0, 0.1) is 0 Å². The number of nitrogens with one attached hydrogen (secondary N) is 1. The van der Waals surface area contributed by atoms with Crippen molar-refractivity contribution in [3.05, 3.63) is 24.3 Å². The van der Waals surface area contributed by atoms with Gasteiger partial charge in [0, 0.05) is 6.42 Å². The molecule has 3 unspecified atom stereocenters. The van der Waals surface area contributed by atoms with E-state index in [0.29, 0.717) is 19.3 Å². The molecule has 0 aromatic carbocycles. The van der Waals surface area contributed by atoms with Crippen LogP contribution in [0.1, 0.15) is 342 Å². The van der Waals surface area contributed by atoms with Gasteiger partial charge >= 0.3 is 5.97 Å². The fourth-order valence-electron chi connectivity index (χ4n) is 9.84. The normalized spacial score (nSPS) is 13.2. The Balaban J connectivity index is 4.51. The Kier molecular flexibility index (Phi) is 55.9. The van der Waals surface area contributed by atoms with Crippen LogP contribution >= 0.6 is 0 Å². The molecule has 0 saturated heterocycles. The third-order valence-electron chi connectivity index (χ3n) is 14.6. The number of carbonyl (C=O) groups excluding carboxylic acids is 2. The summed E-state index contributed by atoms with van der Waals surface area (Å²) in [6.45, 7) is 6.53. The number of hydrogen-bond donors (Lipinski definition) is 3. The van der Waals surface area contributed by atoms with Crippen molar-refractivity contribution in [2.75, 3.05) is 6.61 Å². The Hall–Kier alpha value is -1.66. The Bertz CT molecular complexity index is 1090. The molecule has 1 amide bonds. The highest BCUT2D eigenvalue weighted by atomic mass is 16.5. The highest BCUT2D eigenvalue weighted by molar-refractivity contribution is 5.77. The summed E-state index contributed by atoms with van der Waals surface area (Å²) in [4.78, 5) is 26.3. The standard InChI is InChI=1S/C63H121NO5/c1-4-7-10-13-16-19-22-25-28-30-32-35-38-41-44-47-50-53-56-63(68)69-59(54-51-48-45-42-39-36-33-27-24-21-18-15-12-9-6-3)57-62(67)64-60(58-65)61(66)55-52-49-46-43-40-37-34-31-29-26-23-20-17-14-11-8-5-2/h28,30,32,35,59-61,65-66H,4-27,29,31,33-34,36-58H2,1-3H3,(H,64,67)/b30-28+,35-32+. The number of carbonyl (C=O) groups is 2. The lowest BCUT2D eigenvalue weighted by atomic mass is 10.0. The smallest absolute Gasteiger partial charge is 0.306 e. The number of esters is 1. The van der Waals surface area contributed by atoms with Crippen molar-refractivity contribution in [2.45, 2.75) is 360 Å². The van der Waals surface area contributed by atoms with Gasteiger partial charge in [-0.2, -0.15) is 0 Å². The van der Waals surface area contributed by atoms with Crippen molar-refractivity contribution in [1.82, 2.24) is 5.32 Å². The third kappa shape index (κ3) is 52.5. The molecule has 3 N–H and O–H groups in total. The van der Waals surface area contributed by atoms with Gasteiger partial charge in [0.15, 0.2) is 0 Å². The predicted molar refractivity (Wildman–Crippen MR) is 301 cm³/mol. The Morgan fingerprint density at radius 1 is 0.420 bits per heavy atom. The van der Waals surface area contributed by atoms with Crippen molar-refractivity contribution >= 4 is 11.9 Å². The first-order chi connectivity index (χ1) is 34.0. The van der Waals surface area contributed by atoms with Crippen LogP contribution in [0.15, 0.2) is 24.3 Å². The van der Waals surface area contributed by atoms with Crippen molar-refractivity contribution < 1.29 is 24.5 Å². The molecule has 0 radical (unpaired) electrons. The van der Waals surface area contributed by atoms with Gasteiger partial charge in [-0.3, -0.25) is 9.59 Å². The highest BCUT2D eigenvalue weighted by Gasteiger charge is 2.24. The van der Waals surface area contributed by atoms with Gasteiger partial charge in [-0.1, -0.05) is 302 Å². The van der Waals surface area contributed by atoms with Crippen LogP contribution in [-0.2, 0) is 14.3 Å². The van der Waals surface area contributed by atoms with Gasteiger partial charge in [0.2, 0.25) is 5.91 Å². The van der Waals surface area contributed by atoms with E-state index in [0.717, 1.165) is 51.4 Å². The van der Waals surface area contributed by atoms with Crippen molar-refractivity contribution in [3.63, 3.8) is 0 Å². The maximum absolute atomic E-state index is 13.3. The van der Waals surface area contributed by atoms with Crippen molar-refractivity contribution in [2.24, 2.45) is 0 Å². The van der Waals surface area contributed by atoms with Crippen LogP contribution in [0.5, 0.6) is 0 Å². The summed E-state index contributed by atoms with van der Waals surface area (Å²) in [5, 5.41) is 24.0. The zero-order chi connectivity index (χ0) is 50.2. The van der Waals surface area contributed by atoms with Crippen LogP contribution in [0.25, 0.3) is 0 Å². The van der Waals surface area contributed by atoms with E-state index < -0.39 is 18.2 Å². The molecule has 0 fully saturated rings. The number of hydrogen-bond acceptors (Lipinski definition) is 5. The first kappa shape index (κ1) is 67.3. The highest BCUT2D eigenvalue weighted by Crippen LogP contribution is 2.19. The molecule has 0 aliphatic heterocycles. The molecule has 6 nitrogen and oxygen atoms in total. The molecule has 0 aromatic heterocycles. The van der Waals surface area contributed by atoms with Crippen LogP contribution < -0.4 is 5.32 Å². The van der Waals surface area contributed by atoms with E-state index in [-0.39, 0.29) is 24.9 Å². The largest absolute Gasteiger partial charge is 0.462 e. The molecule has 6 heteroatoms. The lowest BCUT2D eigenvalue weighted by Crippen LogP contribution is -2.46. The van der Waals surface area contributed by atoms with Crippen molar-refractivity contribution in [3.8, 4) is 0 Å². The number of aliphatic hydroxyl groups is 2. The molecule has 0 aliphatic carbocycles. The fraction of sp³-hybridized carbons (Fsp3) is 0.905. The van der Waals surface area contributed by atoms with Gasteiger partial charge < -0.3 is 20.3 Å². The Labute approximate surface area is 431 Å². The number of rotatable bonds is 57. The summed E-state index contributed by atoms with van der Waals surface area (Å²) >= 11 is 0. The van der Waals surface area contributed by atoms with E-state index in [1.54, 1.807) is 0 Å². The third-order valence-corrected chi connectivity index (χ3v) is 14.6. The molecule has 3 atom stereocenters. The van der Waals surface area contributed by atoms with Gasteiger partial charge in [0.25, 0.3) is 0 Å². The summed E-state index contributed by atoms with van der Waals surface area (Å²) in [6.07, 6.45) is 68.2. The molecule has 0 saturated carbocycles. The molecule has 0 heterocycles. The molecule has 408 valence electrons. The van der Waals surface area contributed by atoms with E-state index in [1.807, 2.05) is 0 Å². The van der Waals surface area contributed by atoms with E-state index in [1.165, 1.54) is 244 Å². The fourth-order valence-corrected chi connectivity index (χ4v) is 9.84. The summed E-state index contributed by atoms with van der Waals surface area (Å²) in [7, 11) is 0. The zero-order valence-corrected chi connectivity index (χ0v) is 46.7. The van der Waals surface area contributed by atoms with Gasteiger partial charge in [0.05, 0.1) is 25.2 Å². The number of aliphatic hydroxyl groups excluding tert-OH is 2. The van der Waals surface area contributed by atoms with E-state index >= 15 is 0 Å². The molecule has 0 bridgehead atoms. The van der Waals surface area contributed by atoms with Crippen LogP contribution in [0.3, 0.4) is 0 Å². The second-order valence-corrected chi connectivity index (χ2v) is 21.5. The van der Waals surface area contributed by atoms with E-state index in [4.69, 9.17) is 4.74 Å². The lowest BCUT2D eigenvalue weighted by Gasteiger charge is -2.24. The predicted octanol–water partition coefficient (Wildman–Crippen LogP) is 19.4. The minimum atomic E-state index is -0.788. The van der Waals surface area contributed by atoms with Crippen LogP contribution in [-0.4, -0.2) is 46.9 Å². The SMILES string of the molecule is CCCCCCCCC/C=C/C=C/CCCCCCCC(=O)OC(CCCCCCCCCCCCCCCCC)CC(=O)NC(CO)C(O)CCCCCCCCCCCCCCCCCCC. The van der Waals surface area contributed by atoms with E-state index in [2.05, 4.69) is 50.4 Å². The maximum Gasteiger partial charge on any atom is 0.306 e. The Morgan fingerprint density at radius 2 is 0.725 bits per heavy atom. The first-order valence-corrected chi connectivity index (χ1v) is 31.1. The van der Waals surface area contributed by atoms with Crippen molar-refractivity contribution in [1.29, 1.82) is 0 Å². The van der Waals surface area contributed by atoms with Gasteiger partial charge in [-0.05, 0) is 51.4 Å². The molecule has 0 aliphatic rings. The summed E-state index contributed by atoms with van der Waals surface area (Å²) < 4.78 is 5.98. The van der Waals surface area contributed by atoms with Gasteiger partial charge in [-0.15, -0.1) is 0 Å². The number of amides is 1. The zero-order valence-electron chi connectivity index (χ0n) is 46.7. The molecule has 69 heavy (non-hydrogen) atoms. The quantitative estimate of drug-likeness (QED) is 0.0321. The maximum atomic E-state index is 13.3. The summed E-state index contributed by atoms with van der Waals surface area (Å²) in [5.74, 6) is -0.468. The lowest BCUT2D eigenvalue weighted by molar-refractivity contribution is -0.151. The minimum Gasteiger partial charge on any atom is -0.462 e.